The molecule has 1 amide bonds. The summed E-state index contributed by atoms with van der Waals surface area (Å²) >= 11 is 0. The van der Waals surface area contributed by atoms with Crippen molar-refractivity contribution in [3.8, 4) is 11.1 Å². The molecule has 1 aliphatic heterocycles. The Bertz CT molecular complexity index is 1120. The van der Waals surface area contributed by atoms with Gasteiger partial charge in [-0.15, -0.1) is 5.06 Å². The van der Waals surface area contributed by atoms with Crippen molar-refractivity contribution in [3.63, 3.8) is 0 Å². The predicted molar refractivity (Wildman–Crippen MR) is 122 cm³/mol. The van der Waals surface area contributed by atoms with Crippen LogP contribution in [0.25, 0.3) is 11.1 Å². The number of carbonyl (C=O) groups excluding carboxylic acids is 2. The van der Waals surface area contributed by atoms with Gasteiger partial charge in [0, 0.05) is 18.7 Å². The van der Waals surface area contributed by atoms with E-state index in [4.69, 9.17) is 14.0 Å². The van der Waals surface area contributed by atoms with Crippen LogP contribution >= 0.6 is 0 Å². The molecule has 2 aromatic carbocycles. The van der Waals surface area contributed by atoms with E-state index in [0.29, 0.717) is 43.1 Å². The lowest BCUT2D eigenvalue weighted by molar-refractivity contribution is -0.172. The van der Waals surface area contributed by atoms with Crippen molar-refractivity contribution in [2.45, 2.75) is 25.5 Å². The fourth-order valence-corrected chi connectivity index (χ4v) is 3.83. The van der Waals surface area contributed by atoms with Gasteiger partial charge < -0.3 is 19.1 Å². The summed E-state index contributed by atoms with van der Waals surface area (Å²) in [6, 6.07) is 19.3. The third kappa shape index (κ3) is 5.62. The Hall–Kier alpha value is -4.11. The number of anilines is 1. The topological polar surface area (TPSA) is 110 Å². The van der Waals surface area contributed by atoms with Gasteiger partial charge in [0.25, 0.3) is 0 Å². The van der Waals surface area contributed by atoms with Crippen LogP contribution in [0.4, 0.5) is 10.5 Å². The van der Waals surface area contributed by atoms with E-state index in [1.54, 1.807) is 48.7 Å². The molecular weight excluding hydrogens is 440 g/mol. The van der Waals surface area contributed by atoms with Gasteiger partial charge in [-0.25, -0.2) is 14.4 Å². The van der Waals surface area contributed by atoms with Crippen molar-refractivity contribution in [1.82, 2.24) is 4.90 Å². The van der Waals surface area contributed by atoms with E-state index in [1.807, 2.05) is 18.2 Å². The van der Waals surface area contributed by atoms with Gasteiger partial charge in [-0.05, 0) is 36.6 Å². The molecule has 0 bridgehead atoms. The SMILES string of the molecule is O=C(OC1CCN(Cc2ccco2)CC1)C(=O)ON(C(=O)O)c1ccccc1-c1ccccc1. The molecule has 0 spiro atoms. The summed E-state index contributed by atoms with van der Waals surface area (Å²) < 4.78 is 10.6. The summed E-state index contributed by atoms with van der Waals surface area (Å²) in [6.45, 7) is 1.99. The number of para-hydroxylation sites is 1. The van der Waals surface area contributed by atoms with Crippen LogP contribution in [-0.4, -0.2) is 47.2 Å². The lowest BCUT2D eigenvalue weighted by Gasteiger charge is -2.30. The highest BCUT2D eigenvalue weighted by molar-refractivity contribution is 6.30. The number of benzene rings is 2. The zero-order chi connectivity index (χ0) is 23.9. The third-order valence-corrected chi connectivity index (χ3v) is 5.49. The predicted octanol–water partition coefficient (Wildman–Crippen LogP) is 4.10. The van der Waals surface area contributed by atoms with Crippen LogP contribution in [0.15, 0.2) is 77.4 Å². The molecule has 9 heteroatoms. The molecule has 0 aliphatic carbocycles. The highest BCUT2D eigenvalue weighted by Gasteiger charge is 2.31. The Morgan fingerprint density at radius 2 is 1.65 bits per heavy atom. The van der Waals surface area contributed by atoms with E-state index in [9.17, 15) is 19.5 Å². The number of hydrogen-bond acceptors (Lipinski definition) is 7. The second-order valence-corrected chi connectivity index (χ2v) is 7.80. The number of esters is 1. The minimum Gasteiger partial charge on any atom is -0.468 e. The Morgan fingerprint density at radius 3 is 2.32 bits per heavy atom. The van der Waals surface area contributed by atoms with Crippen LogP contribution in [0.3, 0.4) is 0 Å². The quantitative estimate of drug-likeness (QED) is 0.342. The van der Waals surface area contributed by atoms with Gasteiger partial charge in [0.2, 0.25) is 0 Å². The smallest absolute Gasteiger partial charge is 0.445 e. The molecule has 2 heterocycles. The number of hydrogen-bond donors (Lipinski definition) is 1. The highest BCUT2D eigenvalue weighted by atomic mass is 16.7. The molecule has 34 heavy (non-hydrogen) atoms. The monoisotopic (exact) mass is 464 g/mol. The summed E-state index contributed by atoms with van der Waals surface area (Å²) in [5, 5.41) is 10.1. The first-order valence-electron chi connectivity index (χ1n) is 10.9. The average molecular weight is 464 g/mol. The number of ether oxygens (including phenoxy) is 1. The molecule has 3 aromatic rings. The van der Waals surface area contributed by atoms with Gasteiger partial charge in [0.15, 0.2) is 0 Å². The molecule has 0 saturated carbocycles. The minimum atomic E-state index is -1.55. The lowest BCUT2D eigenvalue weighted by Crippen LogP contribution is -2.40. The van der Waals surface area contributed by atoms with Gasteiger partial charge in [-0.3, -0.25) is 4.90 Å². The van der Waals surface area contributed by atoms with E-state index in [1.165, 1.54) is 6.07 Å². The van der Waals surface area contributed by atoms with Crippen LogP contribution in [0.2, 0.25) is 0 Å². The first-order valence-corrected chi connectivity index (χ1v) is 10.9. The summed E-state index contributed by atoms with van der Waals surface area (Å²) in [5.74, 6) is -1.78. The number of likely N-dealkylation sites (tertiary alicyclic amines) is 1. The number of rotatable bonds is 5. The average Bonchev–Trinajstić information content (AvgIpc) is 3.37. The number of furan rings is 1. The van der Waals surface area contributed by atoms with Crippen LogP contribution in [0.1, 0.15) is 18.6 Å². The van der Waals surface area contributed by atoms with Crippen molar-refractivity contribution in [1.29, 1.82) is 0 Å². The molecule has 0 atom stereocenters. The third-order valence-electron chi connectivity index (χ3n) is 5.49. The second-order valence-electron chi connectivity index (χ2n) is 7.80. The summed E-state index contributed by atoms with van der Waals surface area (Å²) in [5.41, 5.74) is 1.36. The summed E-state index contributed by atoms with van der Waals surface area (Å²) in [4.78, 5) is 43.7. The maximum absolute atomic E-state index is 12.4. The van der Waals surface area contributed by atoms with Gasteiger partial charge in [-0.1, -0.05) is 48.5 Å². The molecule has 1 aliphatic rings. The van der Waals surface area contributed by atoms with E-state index in [2.05, 4.69) is 4.90 Å². The van der Waals surface area contributed by atoms with Crippen molar-refractivity contribution in [2.24, 2.45) is 0 Å². The number of piperidine rings is 1. The van der Waals surface area contributed by atoms with Crippen molar-refractivity contribution in [2.75, 3.05) is 18.2 Å². The van der Waals surface area contributed by atoms with E-state index < -0.39 is 24.1 Å². The van der Waals surface area contributed by atoms with Crippen LogP contribution in [-0.2, 0) is 25.7 Å². The molecule has 4 rings (SSSR count). The Morgan fingerprint density at radius 1 is 0.941 bits per heavy atom. The second kappa shape index (κ2) is 10.7. The van der Waals surface area contributed by atoms with E-state index >= 15 is 0 Å². The van der Waals surface area contributed by atoms with Gasteiger partial charge in [-0.2, -0.15) is 0 Å². The van der Waals surface area contributed by atoms with E-state index in [0.717, 1.165) is 11.3 Å². The van der Waals surface area contributed by atoms with Crippen LogP contribution in [0, 0.1) is 0 Å². The number of nitrogens with zero attached hydrogens (tertiary/aromatic N) is 2. The number of amides is 1. The van der Waals surface area contributed by atoms with Crippen molar-refractivity contribution < 1.29 is 33.5 Å². The van der Waals surface area contributed by atoms with Gasteiger partial charge >= 0.3 is 18.0 Å². The van der Waals surface area contributed by atoms with Gasteiger partial charge in [0.05, 0.1) is 18.5 Å². The van der Waals surface area contributed by atoms with Crippen molar-refractivity contribution >= 4 is 23.7 Å². The van der Waals surface area contributed by atoms with Gasteiger partial charge in [0.1, 0.15) is 11.9 Å². The number of hydroxylamine groups is 1. The molecule has 0 unspecified atom stereocenters. The lowest BCUT2D eigenvalue weighted by atomic mass is 10.0. The summed E-state index contributed by atoms with van der Waals surface area (Å²) in [6.07, 6.45) is 0.700. The van der Waals surface area contributed by atoms with Crippen LogP contribution in [0.5, 0.6) is 0 Å². The summed E-state index contributed by atoms with van der Waals surface area (Å²) in [7, 11) is 0. The molecule has 1 fully saturated rings. The Kier molecular flexibility index (Phi) is 7.24. The zero-order valence-electron chi connectivity index (χ0n) is 18.3. The maximum Gasteiger partial charge on any atom is 0.445 e. The van der Waals surface area contributed by atoms with Crippen LogP contribution < -0.4 is 5.06 Å². The molecule has 1 saturated heterocycles. The minimum absolute atomic E-state index is 0.105. The number of carbonyl (C=O) groups is 3. The molecular formula is C25H24N2O7. The highest BCUT2D eigenvalue weighted by Crippen LogP contribution is 2.31. The molecule has 9 nitrogen and oxygen atoms in total. The standard InChI is InChI=1S/C25H24N2O7/c28-23(33-19-12-14-26(15-13-19)17-20-9-6-16-32-20)24(29)34-27(25(30)31)22-11-5-4-10-21(22)18-7-2-1-3-8-18/h1-11,16,19H,12-15,17H2,(H,30,31). The Balaban J connectivity index is 1.37. The molecule has 1 aromatic heterocycles. The Labute approximate surface area is 196 Å². The fraction of sp³-hybridized carbons (Fsp3) is 0.240. The molecule has 1 N–H and O–H groups in total. The normalized spacial score (nSPS) is 14.4. The molecule has 176 valence electrons. The number of carboxylic acid groups (broad SMARTS) is 1. The van der Waals surface area contributed by atoms with E-state index in [-0.39, 0.29) is 5.69 Å². The largest absolute Gasteiger partial charge is 0.468 e. The maximum atomic E-state index is 12.4. The fourth-order valence-electron chi connectivity index (χ4n) is 3.83. The zero-order valence-corrected chi connectivity index (χ0v) is 18.3. The first-order chi connectivity index (χ1) is 16.5. The van der Waals surface area contributed by atoms with Crippen molar-refractivity contribution in [3.05, 3.63) is 78.8 Å². The molecule has 0 radical (unpaired) electrons. The first kappa shape index (κ1) is 23.1.